The Bertz CT molecular complexity index is 506. The molecular weight excluding hydrogens is 254 g/mol. The Morgan fingerprint density at radius 2 is 1.95 bits per heavy atom. The highest BCUT2D eigenvalue weighted by molar-refractivity contribution is 5.95. The Morgan fingerprint density at radius 3 is 2.55 bits per heavy atom. The van der Waals surface area contributed by atoms with Crippen LogP contribution in [0.3, 0.4) is 0 Å². The molecule has 1 saturated heterocycles. The molecule has 1 aliphatic carbocycles. The summed E-state index contributed by atoms with van der Waals surface area (Å²) in [5.74, 6) is 0.0175. The molecule has 1 heterocycles. The van der Waals surface area contributed by atoms with Gasteiger partial charge in [0, 0.05) is 38.4 Å². The lowest BCUT2D eigenvalue weighted by molar-refractivity contribution is 0.0697. The van der Waals surface area contributed by atoms with Crippen LogP contribution in [0.1, 0.15) is 23.2 Å². The summed E-state index contributed by atoms with van der Waals surface area (Å²) >= 11 is 0. The van der Waals surface area contributed by atoms with Crippen LogP contribution in [0.2, 0.25) is 0 Å². The molecule has 1 aliphatic heterocycles. The summed E-state index contributed by atoms with van der Waals surface area (Å²) < 4.78 is 0. The summed E-state index contributed by atoms with van der Waals surface area (Å²) in [5, 5.41) is 9.29. The summed E-state index contributed by atoms with van der Waals surface area (Å²) in [6, 6.07) is 5.03. The minimum atomic E-state index is -0.889. The van der Waals surface area contributed by atoms with Crippen LogP contribution in [-0.4, -0.2) is 48.7 Å². The number of piperazine rings is 1. The number of carboxylic acids is 1. The molecule has 3 N–H and O–H groups in total. The first kappa shape index (κ1) is 13.2. The number of carboxylic acid groups (broad SMARTS) is 1. The molecule has 0 unspecified atom stereocenters. The van der Waals surface area contributed by atoms with Gasteiger partial charge in [-0.1, -0.05) is 0 Å². The first-order valence-electron chi connectivity index (χ1n) is 7.23. The second-order valence-corrected chi connectivity index (χ2v) is 5.81. The number of anilines is 2. The largest absolute Gasteiger partial charge is 0.478 e. The van der Waals surface area contributed by atoms with Crippen LogP contribution in [0, 0.1) is 5.92 Å². The van der Waals surface area contributed by atoms with Gasteiger partial charge in [0.2, 0.25) is 0 Å². The molecule has 5 nitrogen and oxygen atoms in total. The molecule has 2 aliphatic rings. The van der Waals surface area contributed by atoms with Crippen LogP contribution in [-0.2, 0) is 0 Å². The van der Waals surface area contributed by atoms with E-state index in [0.717, 1.165) is 37.8 Å². The molecule has 0 atom stereocenters. The fraction of sp³-hybridized carbons (Fsp3) is 0.533. The summed E-state index contributed by atoms with van der Waals surface area (Å²) in [6.45, 7) is 4.96. The van der Waals surface area contributed by atoms with Gasteiger partial charge in [0.1, 0.15) is 0 Å². The number of hydrogen-bond donors (Lipinski definition) is 2. The summed E-state index contributed by atoms with van der Waals surface area (Å²) in [4.78, 5) is 15.9. The molecule has 0 spiro atoms. The SMILES string of the molecule is Nc1ccc(C(=O)O)c(N2CCN(CC3CC3)CC2)c1. The summed E-state index contributed by atoms with van der Waals surface area (Å²) in [6.07, 6.45) is 2.75. The van der Waals surface area contributed by atoms with E-state index in [9.17, 15) is 9.90 Å². The Hall–Kier alpha value is -1.75. The van der Waals surface area contributed by atoms with Crippen LogP contribution in [0.5, 0.6) is 0 Å². The second kappa shape index (κ2) is 5.32. The van der Waals surface area contributed by atoms with Gasteiger partial charge in [0.25, 0.3) is 0 Å². The standard InChI is InChI=1S/C15H21N3O2/c16-12-3-4-13(15(19)20)14(9-12)18-7-5-17(6-8-18)10-11-1-2-11/h3-4,9,11H,1-2,5-8,10,16H2,(H,19,20). The van der Waals surface area contributed by atoms with Crippen LogP contribution in [0.15, 0.2) is 18.2 Å². The molecule has 3 rings (SSSR count). The van der Waals surface area contributed by atoms with Gasteiger partial charge in [-0.05, 0) is 37.0 Å². The van der Waals surface area contributed by atoms with Crippen molar-refractivity contribution in [3.63, 3.8) is 0 Å². The van der Waals surface area contributed by atoms with E-state index in [1.165, 1.54) is 19.4 Å². The lowest BCUT2D eigenvalue weighted by Crippen LogP contribution is -2.47. The highest BCUT2D eigenvalue weighted by Gasteiger charge is 2.27. The molecule has 1 aromatic carbocycles. The Kier molecular flexibility index (Phi) is 3.53. The van der Waals surface area contributed by atoms with E-state index >= 15 is 0 Å². The van der Waals surface area contributed by atoms with E-state index in [4.69, 9.17) is 5.73 Å². The lowest BCUT2D eigenvalue weighted by atomic mass is 10.1. The number of benzene rings is 1. The zero-order chi connectivity index (χ0) is 14.1. The average molecular weight is 275 g/mol. The number of aromatic carboxylic acids is 1. The maximum absolute atomic E-state index is 11.3. The highest BCUT2D eigenvalue weighted by atomic mass is 16.4. The zero-order valence-electron chi connectivity index (χ0n) is 11.6. The summed E-state index contributed by atoms with van der Waals surface area (Å²) in [7, 11) is 0. The predicted molar refractivity (Wildman–Crippen MR) is 79.2 cm³/mol. The quantitative estimate of drug-likeness (QED) is 0.815. The molecule has 0 amide bonds. The topological polar surface area (TPSA) is 69.8 Å². The summed E-state index contributed by atoms with van der Waals surface area (Å²) in [5.41, 5.74) is 7.52. The molecule has 2 fully saturated rings. The third kappa shape index (κ3) is 2.88. The average Bonchev–Trinajstić information content (AvgIpc) is 3.23. The van der Waals surface area contributed by atoms with Gasteiger partial charge in [0.15, 0.2) is 0 Å². The first-order chi connectivity index (χ1) is 9.63. The number of rotatable bonds is 4. The van der Waals surface area contributed by atoms with Crippen molar-refractivity contribution in [2.24, 2.45) is 5.92 Å². The normalized spacial score (nSPS) is 20.1. The monoisotopic (exact) mass is 275 g/mol. The maximum Gasteiger partial charge on any atom is 0.337 e. The van der Waals surface area contributed by atoms with E-state index in [1.54, 1.807) is 18.2 Å². The minimum Gasteiger partial charge on any atom is -0.478 e. The Labute approximate surface area is 119 Å². The van der Waals surface area contributed by atoms with E-state index in [0.29, 0.717) is 11.3 Å². The molecular formula is C15H21N3O2. The van der Waals surface area contributed by atoms with Crippen LogP contribution >= 0.6 is 0 Å². The van der Waals surface area contributed by atoms with E-state index in [-0.39, 0.29) is 0 Å². The van der Waals surface area contributed by atoms with Crippen molar-refractivity contribution in [1.82, 2.24) is 4.90 Å². The molecule has 0 bridgehead atoms. The van der Waals surface area contributed by atoms with E-state index < -0.39 is 5.97 Å². The van der Waals surface area contributed by atoms with Crippen molar-refractivity contribution in [3.8, 4) is 0 Å². The van der Waals surface area contributed by atoms with Gasteiger partial charge in [0.05, 0.1) is 11.3 Å². The Morgan fingerprint density at radius 1 is 1.25 bits per heavy atom. The number of nitrogen functional groups attached to an aromatic ring is 1. The molecule has 0 radical (unpaired) electrons. The molecule has 1 saturated carbocycles. The molecule has 108 valence electrons. The highest BCUT2D eigenvalue weighted by Crippen LogP contribution is 2.30. The maximum atomic E-state index is 11.3. The predicted octanol–water partition coefficient (Wildman–Crippen LogP) is 1.50. The number of hydrogen-bond acceptors (Lipinski definition) is 4. The molecule has 0 aromatic heterocycles. The fourth-order valence-corrected chi connectivity index (χ4v) is 2.83. The van der Waals surface area contributed by atoms with Gasteiger partial charge < -0.3 is 15.7 Å². The lowest BCUT2D eigenvalue weighted by Gasteiger charge is -2.36. The van der Waals surface area contributed by atoms with Gasteiger partial charge in [-0.2, -0.15) is 0 Å². The zero-order valence-corrected chi connectivity index (χ0v) is 11.6. The van der Waals surface area contributed by atoms with Crippen molar-refractivity contribution >= 4 is 17.3 Å². The second-order valence-electron chi connectivity index (χ2n) is 5.81. The van der Waals surface area contributed by atoms with Crippen LogP contribution < -0.4 is 10.6 Å². The van der Waals surface area contributed by atoms with Gasteiger partial charge in [-0.25, -0.2) is 4.79 Å². The smallest absolute Gasteiger partial charge is 0.337 e. The van der Waals surface area contributed by atoms with Crippen LogP contribution in [0.4, 0.5) is 11.4 Å². The van der Waals surface area contributed by atoms with Crippen molar-refractivity contribution in [2.45, 2.75) is 12.8 Å². The van der Waals surface area contributed by atoms with Crippen molar-refractivity contribution < 1.29 is 9.90 Å². The van der Waals surface area contributed by atoms with Gasteiger partial charge >= 0.3 is 5.97 Å². The van der Waals surface area contributed by atoms with E-state index in [2.05, 4.69) is 9.80 Å². The molecule has 1 aromatic rings. The van der Waals surface area contributed by atoms with Crippen molar-refractivity contribution in [3.05, 3.63) is 23.8 Å². The Balaban J connectivity index is 1.70. The number of carbonyl (C=O) groups is 1. The molecule has 5 heteroatoms. The first-order valence-corrected chi connectivity index (χ1v) is 7.23. The van der Waals surface area contributed by atoms with Crippen LogP contribution in [0.25, 0.3) is 0 Å². The number of nitrogens with two attached hydrogens (primary N) is 1. The third-order valence-corrected chi connectivity index (χ3v) is 4.18. The van der Waals surface area contributed by atoms with E-state index in [1.807, 2.05) is 0 Å². The van der Waals surface area contributed by atoms with Crippen molar-refractivity contribution in [2.75, 3.05) is 43.4 Å². The molecule has 20 heavy (non-hydrogen) atoms. The van der Waals surface area contributed by atoms with Gasteiger partial charge in [-0.3, -0.25) is 4.90 Å². The third-order valence-electron chi connectivity index (χ3n) is 4.18. The van der Waals surface area contributed by atoms with Gasteiger partial charge in [-0.15, -0.1) is 0 Å². The fourth-order valence-electron chi connectivity index (χ4n) is 2.83. The van der Waals surface area contributed by atoms with Crippen molar-refractivity contribution in [1.29, 1.82) is 0 Å². The number of nitrogens with zero attached hydrogens (tertiary/aromatic N) is 2. The minimum absolute atomic E-state index is 0.342.